The van der Waals surface area contributed by atoms with Crippen molar-refractivity contribution in [3.63, 3.8) is 0 Å². The van der Waals surface area contributed by atoms with Crippen LogP contribution in [-0.2, 0) is 0 Å². The molecular weight excluding hydrogens is 249 g/mol. The largest absolute Gasteiger partial charge is 0.299 e. The SMILES string of the molecule is CC(=CCl)CN1CCCC(CBr)C1. The van der Waals surface area contributed by atoms with E-state index in [0.29, 0.717) is 0 Å². The smallest absolute Gasteiger partial charge is 0.0201 e. The third-order valence-corrected chi connectivity index (χ3v) is 3.77. The van der Waals surface area contributed by atoms with E-state index in [-0.39, 0.29) is 0 Å². The van der Waals surface area contributed by atoms with Gasteiger partial charge in [-0.15, -0.1) is 0 Å². The molecule has 1 heterocycles. The average Bonchev–Trinajstić information content (AvgIpc) is 2.18. The quantitative estimate of drug-likeness (QED) is 0.709. The van der Waals surface area contributed by atoms with Crippen molar-refractivity contribution in [1.82, 2.24) is 4.90 Å². The van der Waals surface area contributed by atoms with Crippen molar-refractivity contribution in [2.45, 2.75) is 19.8 Å². The molecule has 1 saturated heterocycles. The van der Waals surface area contributed by atoms with E-state index in [0.717, 1.165) is 17.8 Å². The number of rotatable bonds is 3. The van der Waals surface area contributed by atoms with Crippen molar-refractivity contribution in [2.75, 3.05) is 25.0 Å². The fraction of sp³-hybridized carbons (Fsp3) is 0.800. The van der Waals surface area contributed by atoms with E-state index < -0.39 is 0 Å². The van der Waals surface area contributed by atoms with Crippen LogP contribution in [0.3, 0.4) is 0 Å². The first-order chi connectivity index (χ1) is 6.26. The maximum absolute atomic E-state index is 5.64. The lowest BCUT2D eigenvalue weighted by atomic mass is 10.00. The molecule has 1 fully saturated rings. The van der Waals surface area contributed by atoms with Gasteiger partial charge in [0.1, 0.15) is 0 Å². The van der Waals surface area contributed by atoms with E-state index in [2.05, 4.69) is 27.8 Å². The second-order valence-corrected chi connectivity index (χ2v) is 4.72. The first kappa shape index (κ1) is 11.5. The molecule has 1 unspecified atom stereocenters. The Hall–Kier alpha value is 0.470. The zero-order chi connectivity index (χ0) is 9.68. The molecular formula is C10H17BrClN. The molecule has 0 aromatic carbocycles. The molecule has 3 heteroatoms. The number of halogens is 2. The van der Waals surface area contributed by atoms with Gasteiger partial charge in [-0.2, -0.15) is 0 Å². The minimum Gasteiger partial charge on any atom is -0.299 e. The molecule has 0 saturated carbocycles. The van der Waals surface area contributed by atoms with Crippen molar-refractivity contribution in [3.05, 3.63) is 11.1 Å². The molecule has 0 bridgehead atoms. The van der Waals surface area contributed by atoms with Gasteiger partial charge in [0.05, 0.1) is 0 Å². The number of likely N-dealkylation sites (tertiary alicyclic amines) is 1. The summed E-state index contributed by atoms with van der Waals surface area (Å²) in [4.78, 5) is 2.49. The molecule has 76 valence electrons. The molecule has 0 N–H and O–H groups in total. The van der Waals surface area contributed by atoms with Gasteiger partial charge in [-0.05, 0) is 37.8 Å². The van der Waals surface area contributed by atoms with Crippen LogP contribution in [0.15, 0.2) is 11.1 Å². The molecule has 1 nitrogen and oxygen atoms in total. The lowest BCUT2D eigenvalue weighted by molar-refractivity contribution is 0.201. The first-order valence-electron chi connectivity index (χ1n) is 4.80. The Labute approximate surface area is 94.3 Å². The maximum Gasteiger partial charge on any atom is 0.0201 e. The highest BCUT2D eigenvalue weighted by atomic mass is 79.9. The summed E-state index contributed by atoms with van der Waals surface area (Å²) in [6.07, 6.45) is 2.69. The lowest BCUT2D eigenvalue weighted by Gasteiger charge is -2.31. The summed E-state index contributed by atoms with van der Waals surface area (Å²) in [5, 5.41) is 1.13. The van der Waals surface area contributed by atoms with Crippen LogP contribution in [0.4, 0.5) is 0 Å². The maximum atomic E-state index is 5.64. The Morgan fingerprint density at radius 1 is 1.69 bits per heavy atom. The topological polar surface area (TPSA) is 3.24 Å². The monoisotopic (exact) mass is 265 g/mol. The Bertz CT molecular complexity index is 182. The van der Waals surface area contributed by atoms with Crippen molar-refractivity contribution in [2.24, 2.45) is 5.92 Å². The zero-order valence-electron chi connectivity index (χ0n) is 8.10. The van der Waals surface area contributed by atoms with Crippen LogP contribution in [-0.4, -0.2) is 29.9 Å². The molecule has 0 spiro atoms. The predicted molar refractivity (Wildman–Crippen MR) is 62.6 cm³/mol. The van der Waals surface area contributed by atoms with E-state index >= 15 is 0 Å². The Kier molecular flexibility index (Phi) is 5.37. The summed E-state index contributed by atoms with van der Waals surface area (Å²) in [6, 6.07) is 0. The first-order valence-corrected chi connectivity index (χ1v) is 6.36. The predicted octanol–water partition coefficient (Wildman–Crippen LogP) is 3.24. The van der Waals surface area contributed by atoms with E-state index in [4.69, 9.17) is 11.6 Å². The average molecular weight is 267 g/mol. The van der Waals surface area contributed by atoms with Crippen molar-refractivity contribution in [1.29, 1.82) is 0 Å². The van der Waals surface area contributed by atoms with Gasteiger partial charge in [0, 0.05) is 24.0 Å². The van der Waals surface area contributed by atoms with Crippen molar-refractivity contribution in [3.8, 4) is 0 Å². The summed E-state index contributed by atoms with van der Waals surface area (Å²) in [7, 11) is 0. The summed E-state index contributed by atoms with van der Waals surface area (Å²) >= 11 is 9.20. The van der Waals surface area contributed by atoms with Gasteiger partial charge in [-0.1, -0.05) is 27.5 Å². The van der Waals surface area contributed by atoms with Crippen LogP contribution in [0.1, 0.15) is 19.8 Å². The zero-order valence-corrected chi connectivity index (χ0v) is 10.4. The molecule has 1 atom stereocenters. The standard InChI is InChI=1S/C10H17BrClN/c1-9(6-12)7-13-4-2-3-10(5-11)8-13/h6,10H,2-5,7-8H2,1H3. The normalized spacial score (nSPS) is 26.4. The summed E-state index contributed by atoms with van der Waals surface area (Å²) in [5.74, 6) is 0.830. The van der Waals surface area contributed by atoms with Crippen LogP contribution in [0.25, 0.3) is 0 Å². The Morgan fingerprint density at radius 3 is 3.08 bits per heavy atom. The van der Waals surface area contributed by atoms with E-state index in [1.807, 2.05) is 0 Å². The molecule has 13 heavy (non-hydrogen) atoms. The summed E-state index contributed by atoms with van der Waals surface area (Å²) in [6.45, 7) is 5.57. The van der Waals surface area contributed by atoms with Crippen LogP contribution >= 0.6 is 27.5 Å². The number of hydrogen-bond donors (Lipinski definition) is 0. The van der Waals surface area contributed by atoms with Gasteiger partial charge >= 0.3 is 0 Å². The number of hydrogen-bond acceptors (Lipinski definition) is 1. The van der Waals surface area contributed by atoms with E-state index in [9.17, 15) is 0 Å². The molecule has 0 aromatic heterocycles. The van der Waals surface area contributed by atoms with Crippen molar-refractivity contribution < 1.29 is 0 Å². The third kappa shape index (κ3) is 4.01. The fourth-order valence-electron chi connectivity index (χ4n) is 1.81. The molecule has 0 radical (unpaired) electrons. The Balaban J connectivity index is 2.34. The van der Waals surface area contributed by atoms with Gasteiger partial charge < -0.3 is 0 Å². The van der Waals surface area contributed by atoms with E-state index in [1.165, 1.54) is 31.5 Å². The second kappa shape index (κ2) is 6.05. The summed E-state index contributed by atoms with van der Waals surface area (Å²) < 4.78 is 0. The lowest BCUT2D eigenvalue weighted by Crippen LogP contribution is -2.36. The van der Waals surface area contributed by atoms with Crippen LogP contribution in [0.5, 0.6) is 0 Å². The minimum absolute atomic E-state index is 0.830. The highest BCUT2D eigenvalue weighted by Crippen LogP contribution is 2.18. The third-order valence-electron chi connectivity index (χ3n) is 2.48. The van der Waals surface area contributed by atoms with Crippen LogP contribution in [0.2, 0.25) is 0 Å². The van der Waals surface area contributed by atoms with Crippen molar-refractivity contribution >= 4 is 27.5 Å². The van der Waals surface area contributed by atoms with E-state index in [1.54, 1.807) is 5.54 Å². The van der Waals surface area contributed by atoms with Gasteiger partial charge in [-0.3, -0.25) is 4.90 Å². The highest BCUT2D eigenvalue weighted by molar-refractivity contribution is 9.09. The minimum atomic E-state index is 0.830. The van der Waals surface area contributed by atoms with Gasteiger partial charge in [0.25, 0.3) is 0 Å². The number of alkyl halides is 1. The molecule has 1 aliphatic rings. The molecule has 1 rings (SSSR count). The number of nitrogens with zero attached hydrogens (tertiary/aromatic N) is 1. The Morgan fingerprint density at radius 2 is 2.46 bits per heavy atom. The van der Waals surface area contributed by atoms with Gasteiger partial charge in [0.2, 0.25) is 0 Å². The second-order valence-electron chi connectivity index (χ2n) is 3.85. The van der Waals surface area contributed by atoms with Gasteiger partial charge in [-0.25, -0.2) is 0 Å². The van der Waals surface area contributed by atoms with Crippen LogP contribution < -0.4 is 0 Å². The molecule has 0 amide bonds. The summed E-state index contributed by atoms with van der Waals surface area (Å²) in [5.41, 5.74) is 2.95. The van der Waals surface area contributed by atoms with Gasteiger partial charge in [0.15, 0.2) is 0 Å². The highest BCUT2D eigenvalue weighted by Gasteiger charge is 2.18. The molecule has 0 aromatic rings. The molecule has 0 aliphatic carbocycles. The van der Waals surface area contributed by atoms with Crippen LogP contribution in [0, 0.1) is 5.92 Å². The fourth-order valence-corrected chi connectivity index (χ4v) is 2.41. The molecule has 1 aliphatic heterocycles. The number of piperidine rings is 1.